The van der Waals surface area contributed by atoms with Crippen molar-refractivity contribution in [3.63, 3.8) is 0 Å². The van der Waals surface area contributed by atoms with E-state index in [1.807, 2.05) is 18.2 Å². The predicted molar refractivity (Wildman–Crippen MR) is 163 cm³/mol. The Morgan fingerprint density at radius 1 is 1.19 bits per heavy atom. The summed E-state index contributed by atoms with van der Waals surface area (Å²) in [6.45, 7) is 7.40. The summed E-state index contributed by atoms with van der Waals surface area (Å²) < 4.78 is 23.0. The lowest BCUT2D eigenvalue weighted by Crippen LogP contribution is -2.41. The van der Waals surface area contributed by atoms with Gasteiger partial charge < -0.3 is 15.4 Å². The molecule has 2 aromatic heterocycles. The summed E-state index contributed by atoms with van der Waals surface area (Å²) in [4.78, 5) is 23.6. The Kier molecular flexibility index (Phi) is 8.71. The van der Waals surface area contributed by atoms with E-state index in [1.165, 1.54) is 12.4 Å². The first-order chi connectivity index (χ1) is 20.6. The molecule has 1 saturated heterocycles. The Hall–Kier alpha value is -4.78. The van der Waals surface area contributed by atoms with Crippen LogP contribution in [0.4, 0.5) is 10.2 Å². The number of fused-ring (bicyclic) bond motifs is 1. The summed E-state index contributed by atoms with van der Waals surface area (Å²) in [5.41, 5.74) is 7.65. The number of anilines is 1. The van der Waals surface area contributed by atoms with Gasteiger partial charge in [-0.1, -0.05) is 45.0 Å². The Bertz CT molecular complexity index is 1690. The lowest BCUT2D eigenvalue weighted by Gasteiger charge is -2.32. The second kappa shape index (κ2) is 12.6. The molecule has 222 valence electrons. The third-order valence-corrected chi connectivity index (χ3v) is 7.55. The number of unbranched alkanes of at least 4 members (excludes halogenated alkanes) is 1. The fourth-order valence-corrected chi connectivity index (χ4v) is 5.38. The minimum absolute atomic E-state index is 0.159. The van der Waals surface area contributed by atoms with Gasteiger partial charge in [-0.15, -0.1) is 0 Å². The molecule has 43 heavy (non-hydrogen) atoms. The molecule has 1 atom stereocenters. The first kappa shape index (κ1) is 29.7. The largest absolute Gasteiger partial charge is 0.457 e. The lowest BCUT2D eigenvalue weighted by atomic mass is 9.90. The molecular formula is C33H36FN7O2. The van der Waals surface area contributed by atoms with Gasteiger partial charge in [-0.05, 0) is 61.8 Å². The summed E-state index contributed by atoms with van der Waals surface area (Å²) in [5, 5.41) is 15.0. The Labute approximate surface area is 250 Å². The van der Waals surface area contributed by atoms with Crippen molar-refractivity contribution < 1.29 is 13.9 Å². The molecule has 1 fully saturated rings. The highest BCUT2D eigenvalue weighted by molar-refractivity contribution is 5.99. The standard InChI is InChI=1S/C33H36FN7O2/c1-33(2,3)16-8-7-10-22(19-35)32(42)40-17-9-11-23(20-40)41-31-28(30(36)37-21-38-31)29(39-41)26-15-14-25(18-27(26)34)43-24-12-5-4-6-13-24/h4-6,10,12-15,18,21,23H,7-9,11,16-17,20H2,1-3H3,(H2,36,37,38)/b22-10+. The minimum Gasteiger partial charge on any atom is -0.457 e. The zero-order valence-corrected chi connectivity index (χ0v) is 24.8. The topological polar surface area (TPSA) is 123 Å². The van der Waals surface area contributed by atoms with E-state index in [-0.39, 0.29) is 34.3 Å². The van der Waals surface area contributed by atoms with E-state index in [2.05, 4.69) is 36.8 Å². The number of likely N-dealkylation sites (tertiary alicyclic amines) is 1. The third-order valence-electron chi connectivity index (χ3n) is 7.55. The number of para-hydroxylation sites is 1. The SMILES string of the molecule is CC(C)(C)CCC/C=C(\C#N)C(=O)N1CCCC(n2nc(-c3ccc(Oc4ccccc4)cc3F)c3c(N)ncnc32)C1. The molecule has 0 aliphatic carbocycles. The van der Waals surface area contributed by atoms with Crippen LogP contribution < -0.4 is 10.5 Å². The van der Waals surface area contributed by atoms with E-state index in [1.54, 1.807) is 39.9 Å². The van der Waals surface area contributed by atoms with Gasteiger partial charge in [0.25, 0.3) is 5.91 Å². The number of nitrogen functional groups attached to an aromatic ring is 1. The van der Waals surface area contributed by atoms with Crippen molar-refractivity contribution in [2.75, 3.05) is 18.8 Å². The average Bonchev–Trinajstić information content (AvgIpc) is 3.38. The number of piperidine rings is 1. The number of carbonyl (C=O) groups is 1. The van der Waals surface area contributed by atoms with Gasteiger partial charge in [0.05, 0.1) is 11.4 Å². The summed E-state index contributed by atoms with van der Waals surface area (Å²) in [6.07, 6.45) is 7.14. The van der Waals surface area contributed by atoms with Crippen molar-refractivity contribution in [1.82, 2.24) is 24.6 Å². The van der Waals surface area contributed by atoms with Crippen LogP contribution in [-0.2, 0) is 4.79 Å². The molecule has 0 radical (unpaired) electrons. The predicted octanol–water partition coefficient (Wildman–Crippen LogP) is 6.84. The van der Waals surface area contributed by atoms with Crippen LogP contribution in [0.1, 0.15) is 58.9 Å². The molecule has 1 amide bonds. The molecule has 5 rings (SSSR count). The first-order valence-electron chi connectivity index (χ1n) is 14.6. The number of rotatable bonds is 8. The van der Waals surface area contributed by atoms with E-state index in [9.17, 15) is 10.1 Å². The van der Waals surface area contributed by atoms with Crippen molar-refractivity contribution in [3.8, 4) is 28.8 Å². The number of nitrogens with two attached hydrogens (primary N) is 1. The van der Waals surface area contributed by atoms with Crippen molar-refractivity contribution >= 4 is 22.8 Å². The van der Waals surface area contributed by atoms with E-state index in [4.69, 9.17) is 15.6 Å². The number of allylic oxidation sites excluding steroid dienone is 1. The fourth-order valence-electron chi connectivity index (χ4n) is 5.38. The van der Waals surface area contributed by atoms with Crippen LogP contribution in [0.25, 0.3) is 22.3 Å². The van der Waals surface area contributed by atoms with Gasteiger partial charge in [-0.25, -0.2) is 19.0 Å². The summed E-state index contributed by atoms with van der Waals surface area (Å²) in [7, 11) is 0. The number of amides is 1. The molecule has 0 spiro atoms. The van der Waals surface area contributed by atoms with Crippen LogP contribution in [0.15, 0.2) is 66.5 Å². The number of halogens is 1. The van der Waals surface area contributed by atoms with Crippen molar-refractivity contribution in [3.05, 3.63) is 72.3 Å². The van der Waals surface area contributed by atoms with Gasteiger partial charge in [0.15, 0.2) is 5.65 Å². The molecule has 1 aliphatic rings. The normalized spacial score (nSPS) is 15.8. The second-order valence-corrected chi connectivity index (χ2v) is 12.0. The summed E-state index contributed by atoms with van der Waals surface area (Å²) in [5.74, 6) is 0.316. The lowest BCUT2D eigenvalue weighted by molar-refractivity contribution is -0.128. The van der Waals surface area contributed by atoms with Crippen LogP contribution in [0, 0.1) is 22.6 Å². The zero-order valence-electron chi connectivity index (χ0n) is 24.8. The molecule has 2 aromatic carbocycles. The zero-order chi connectivity index (χ0) is 30.6. The maximum absolute atomic E-state index is 15.5. The third kappa shape index (κ3) is 6.83. The van der Waals surface area contributed by atoms with E-state index >= 15 is 4.39 Å². The molecule has 4 aromatic rings. The first-order valence-corrected chi connectivity index (χ1v) is 14.6. The molecule has 0 saturated carbocycles. The van der Waals surface area contributed by atoms with Gasteiger partial charge in [0, 0.05) is 24.7 Å². The Morgan fingerprint density at radius 3 is 2.70 bits per heavy atom. The smallest absolute Gasteiger partial charge is 0.264 e. The summed E-state index contributed by atoms with van der Waals surface area (Å²) >= 11 is 0. The number of ether oxygens (including phenoxy) is 1. The van der Waals surface area contributed by atoms with Gasteiger partial charge in [0.2, 0.25) is 0 Å². The maximum atomic E-state index is 15.5. The quantitative estimate of drug-likeness (QED) is 0.137. The summed E-state index contributed by atoms with van der Waals surface area (Å²) in [6, 6.07) is 15.6. The van der Waals surface area contributed by atoms with Crippen LogP contribution in [0.3, 0.4) is 0 Å². The number of hydrogen-bond acceptors (Lipinski definition) is 7. The van der Waals surface area contributed by atoms with Gasteiger partial charge in [0.1, 0.15) is 46.8 Å². The number of benzene rings is 2. The van der Waals surface area contributed by atoms with E-state index < -0.39 is 5.82 Å². The molecule has 3 heterocycles. The Balaban J connectivity index is 1.41. The van der Waals surface area contributed by atoms with Crippen LogP contribution in [0.2, 0.25) is 0 Å². The van der Waals surface area contributed by atoms with Crippen LogP contribution in [-0.4, -0.2) is 43.6 Å². The van der Waals surface area contributed by atoms with Gasteiger partial charge >= 0.3 is 0 Å². The van der Waals surface area contributed by atoms with Gasteiger partial charge in [-0.3, -0.25) is 4.79 Å². The Morgan fingerprint density at radius 2 is 1.98 bits per heavy atom. The monoisotopic (exact) mass is 581 g/mol. The highest BCUT2D eigenvalue weighted by Crippen LogP contribution is 2.36. The van der Waals surface area contributed by atoms with Crippen molar-refractivity contribution in [2.24, 2.45) is 5.41 Å². The number of carbonyl (C=O) groups excluding carboxylic acids is 1. The van der Waals surface area contributed by atoms with Gasteiger partial charge in [-0.2, -0.15) is 10.4 Å². The maximum Gasteiger partial charge on any atom is 0.264 e. The molecule has 1 aliphatic heterocycles. The molecule has 0 bridgehead atoms. The van der Waals surface area contributed by atoms with E-state index in [0.29, 0.717) is 47.7 Å². The number of nitrogens with zero attached hydrogens (tertiary/aromatic N) is 6. The van der Waals surface area contributed by atoms with Crippen LogP contribution in [0.5, 0.6) is 11.5 Å². The van der Waals surface area contributed by atoms with Crippen molar-refractivity contribution in [2.45, 2.75) is 58.9 Å². The molecular weight excluding hydrogens is 545 g/mol. The molecule has 2 N–H and O–H groups in total. The van der Waals surface area contributed by atoms with E-state index in [0.717, 1.165) is 25.7 Å². The van der Waals surface area contributed by atoms with Crippen molar-refractivity contribution in [1.29, 1.82) is 5.26 Å². The second-order valence-electron chi connectivity index (χ2n) is 12.0. The molecule has 1 unspecified atom stereocenters. The van der Waals surface area contributed by atoms with Crippen LogP contribution >= 0.6 is 0 Å². The number of hydrogen-bond donors (Lipinski definition) is 1. The molecule has 9 nitrogen and oxygen atoms in total. The minimum atomic E-state index is -0.529. The number of aromatic nitrogens is 4. The average molecular weight is 582 g/mol. The fraction of sp³-hybridized carbons (Fsp3) is 0.364. The highest BCUT2D eigenvalue weighted by Gasteiger charge is 2.30. The molecule has 10 heteroatoms. The number of nitriles is 1. The highest BCUT2D eigenvalue weighted by atomic mass is 19.1.